The molecule has 0 heterocycles. The second-order valence-corrected chi connectivity index (χ2v) is 3.21. The number of ether oxygens (including phenoxy) is 1. The molecule has 0 spiro atoms. The van der Waals surface area contributed by atoms with Crippen molar-refractivity contribution < 1.29 is 14.3 Å². The smallest absolute Gasteiger partial charge is 0.305 e. The standard InChI is InChI=1S/C10H20N2O3/c1-3-8(11)10(14)12-7-5-6-9(13)15-4-2/h8H,3-7,11H2,1-2H3,(H,12,14)/t8-/m1/s1. The van der Waals surface area contributed by atoms with Crippen LogP contribution < -0.4 is 11.1 Å². The van der Waals surface area contributed by atoms with E-state index in [1.165, 1.54) is 0 Å². The molecule has 0 fully saturated rings. The Bertz CT molecular complexity index is 207. The van der Waals surface area contributed by atoms with Crippen LogP contribution in [0.15, 0.2) is 0 Å². The number of nitrogens with two attached hydrogens (primary N) is 1. The maximum atomic E-state index is 11.2. The van der Waals surface area contributed by atoms with Crippen LogP contribution in [0.1, 0.15) is 33.1 Å². The molecule has 0 aromatic rings. The monoisotopic (exact) mass is 216 g/mol. The molecule has 0 aromatic carbocycles. The molecule has 0 unspecified atom stereocenters. The molecular weight excluding hydrogens is 196 g/mol. The van der Waals surface area contributed by atoms with Crippen LogP contribution >= 0.6 is 0 Å². The van der Waals surface area contributed by atoms with Crippen LogP contribution in [0, 0.1) is 0 Å². The first-order valence-electron chi connectivity index (χ1n) is 5.30. The van der Waals surface area contributed by atoms with E-state index in [1.807, 2.05) is 6.92 Å². The fraction of sp³-hybridized carbons (Fsp3) is 0.800. The highest BCUT2D eigenvalue weighted by atomic mass is 16.5. The van der Waals surface area contributed by atoms with E-state index < -0.39 is 6.04 Å². The van der Waals surface area contributed by atoms with Gasteiger partial charge in [0.25, 0.3) is 0 Å². The first-order chi connectivity index (χ1) is 7.11. The third-order valence-corrected chi connectivity index (χ3v) is 1.94. The molecule has 5 nitrogen and oxygen atoms in total. The van der Waals surface area contributed by atoms with Gasteiger partial charge in [0.15, 0.2) is 0 Å². The molecule has 3 N–H and O–H groups in total. The van der Waals surface area contributed by atoms with Crippen LogP contribution in [0.3, 0.4) is 0 Å². The Kier molecular flexibility index (Phi) is 7.62. The van der Waals surface area contributed by atoms with Gasteiger partial charge in [-0.25, -0.2) is 0 Å². The summed E-state index contributed by atoms with van der Waals surface area (Å²) in [6, 6.07) is -0.451. The number of esters is 1. The Balaban J connectivity index is 3.46. The van der Waals surface area contributed by atoms with E-state index in [9.17, 15) is 9.59 Å². The first-order valence-corrected chi connectivity index (χ1v) is 5.30. The first kappa shape index (κ1) is 13.9. The normalized spacial score (nSPS) is 11.9. The van der Waals surface area contributed by atoms with E-state index in [0.29, 0.717) is 32.4 Å². The van der Waals surface area contributed by atoms with Crippen molar-refractivity contribution in [3.05, 3.63) is 0 Å². The molecule has 0 aliphatic carbocycles. The van der Waals surface area contributed by atoms with Gasteiger partial charge in [-0.15, -0.1) is 0 Å². The second-order valence-electron chi connectivity index (χ2n) is 3.21. The van der Waals surface area contributed by atoms with Crippen molar-refractivity contribution in [2.75, 3.05) is 13.2 Å². The highest BCUT2D eigenvalue weighted by Crippen LogP contribution is 1.92. The summed E-state index contributed by atoms with van der Waals surface area (Å²) in [4.78, 5) is 22.1. The molecule has 0 aliphatic rings. The van der Waals surface area contributed by atoms with Crippen molar-refractivity contribution in [1.82, 2.24) is 5.32 Å². The average Bonchev–Trinajstić information content (AvgIpc) is 2.23. The van der Waals surface area contributed by atoms with Gasteiger partial charge in [-0.1, -0.05) is 6.92 Å². The van der Waals surface area contributed by atoms with E-state index >= 15 is 0 Å². The van der Waals surface area contributed by atoms with Crippen LogP contribution in [0.25, 0.3) is 0 Å². The van der Waals surface area contributed by atoms with Crippen LogP contribution in [0.5, 0.6) is 0 Å². The summed E-state index contributed by atoms with van der Waals surface area (Å²) in [6.45, 7) is 4.47. The van der Waals surface area contributed by atoms with Crippen molar-refractivity contribution in [2.24, 2.45) is 5.73 Å². The number of rotatable bonds is 7. The third-order valence-electron chi connectivity index (χ3n) is 1.94. The minimum atomic E-state index is -0.451. The molecule has 0 aromatic heterocycles. The lowest BCUT2D eigenvalue weighted by molar-refractivity contribution is -0.143. The van der Waals surface area contributed by atoms with E-state index in [1.54, 1.807) is 6.92 Å². The molecule has 0 saturated heterocycles. The highest BCUT2D eigenvalue weighted by molar-refractivity contribution is 5.81. The van der Waals surface area contributed by atoms with Crippen molar-refractivity contribution in [3.63, 3.8) is 0 Å². The summed E-state index contributed by atoms with van der Waals surface area (Å²) >= 11 is 0. The molecule has 0 saturated carbocycles. The second kappa shape index (κ2) is 8.23. The molecule has 15 heavy (non-hydrogen) atoms. The number of carbonyl (C=O) groups is 2. The molecule has 1 amide bonds. The summed E-state index contributed by atoms with van der Waals surface area (Å²) < 4.78 is 4.74. The number of hydrogen-bond acceptors (Lipinski definition) is 4. The lowest BCUT2D eigenvalue weighted by Gasteiger charge is -2.09. The Morgan fingerprint density at radius 3 is 2.60 bits per heavy atom. The Labute approximate surface area is 90.4 Å². The fourth-order valence-corrected chi connectivity index (χ4v) is 0.994. The predicted octanol–water partition coefficient (Wildman–Crippen LogP) is 0.183. The summed E-state index contributed by atoms with van der Waals surface area (Å²) in [5.41, 5.74) is 5.50. The maximum Gasteiger partial charge on any atom is 0.305 e. The molecule has 0 radical (unpaired) electrons. The van der Waals surface area contributed by atoms with Gasteiger partial charge in [0.1, 0.15) is 0 Å². The zero-order valence-electron chi connectivity index (χ0n) is 9.41. The van der Waals surface area contributed by atoms with Gasteiger partial charge in [-0.05, 0) is 19.8 Å². The molecule has 5 heteroatoms. The van der Waals surface area contributed by atoms with E-state index in [4.69, 9.17) is 10.5 Å². The topological polar surface area (TPSA) is 81.4 Å². The minimum absolute atomic E-state index is 0.165. The summed E-state index contributed by atoms with van der Waals surface area (Å²) in [6.07, 6.45) is 1.53. The Morgan fingerprint density at radius 1 is 1.40 bits per heavy atom. The lowest BCUT2D eigenvalue weighted by Crippen LogP contribution is -2.40. The van der Waals surface area contributed by atoms with Crippen molar-refractivity contribution >= 4 is 11.9 Å². The van der Waals surface area contributed by atoms with Gasteiger partial charge in [-0.2, -0.15) is 0 Å². The molecule has 1 atom stereocenters. The van der Waals surface area contributed by atoms with Crippen LogP contribution in [-0.4, -0.2) is 31.1 Å². The molecular formula is C10H20N2O3. The third kappa shape index (κ3) is 6.90. The Morgan fingerprint density at radius 2 is 2.07 bits per heavy atom. The van der Waals surface area contributed by atoms with E-state index in [-0.39, 0.29) is 11.9 Å². The van der Waals surface area contributed by atoms with Gasteiger partial charge in [-0.3, -0.25) is 9.59 Å². The zero-order chi connectivity index (χ0) is 11.7. The van der Waals surface area contributed by atoms with Crippen molar-refractivity contribution in [3.8, 4) is 0 Å². The molecule has 88 valence electrons. The number of carbonyl (C=O) groups excluding carboxylic acids is 2. The molecule has 0 bridgehead atoms. The SMILES string of the molecule is CCOC(=O)CCCNC(=O)[C@H](N)CC. The van der Waals surface area contributed by atoms with Gasteiger partial charge in [0.05, 0.1) is 12.6 Å². The number of hydrogen-bond donors (Lipinski definition) is 2. The predicted molar refractivity (Wildman–Crippen MR) is 57.1 cm³/mol. The minimum Gasteiger partial charge on any atom is -0.466 e. The number of amides is 1. The quantitative estimate of drug-likeness (QED) is 0.470. The summed E-state index contributed by atoms with van der Waals surface area (Å²) in [7, 11) is 0. The summed E-state index contributed by atoms with van der Waals surface area (Å²) in [5, 5.41) is 2.66. The average molecular weight is 216 g/mol. The van der Waals surface area contributed by atoms with Crippen LogP contribution in [0.2, 0.25) is 0 Å². The maximum absolute atomic E-state index is 11.2. The fourth-order valence-electron chi connectivity index (χ4n) is 0.994. The van der Waals surface area contributed by atoms with E-state index in [2.05, 4.69) is 5.32 Å². The van der Waals surface area contributed by atoms with Gasteiger partial charge < -0.3 is 15.8 Å². The van der Waals surface area contributed by atoms with Crippen LogP contribution in [0.4, 0.5) is 0 Å². The van der Waals surface area contributed by atoms with Gasteiger partial charge in [0.2, 0.25) is 5.91 Å². The van der Waals surface area contributed by atoms with Gasteiger partial charge >= 0.3 is 5.97 Å². The van der Waals surface area contributed by atoms with Crippen LogP contribution in [-0.2, 0) is 14.3 Å². The lowest BCUT2D eigenvalue weighted by atomic mass is 10.2. The largest absolute Gasteiger partial charge is 0.466 e. The highest BCUT2D eigenvalue weighted by Gasteiger charge is 2.09. The van der Waals surface area contributed by atoms with Crippen molar-refractivity contribution in [2.45, 2.75) is 39.2 Å². The molecule has 0 aliphatic heterocycles. The molecule has 0 rings (SSSR count). The summed E-state index contributed by atoms with van der Waals surface area (Å²) in [5.74, 6) is -0.395. The zero-order valence-corrected chi connectivity index (χ0v) is 9.41. The Hall–Kier alpha value is -1.10. The van der Waals surface area contributed by atoms with Crippen molar-refractivity contribution in [1.29, 1.82) is 0 Å². The van der Waals surface area contributed by atoms with Gasteiger partial charge in [0, 0.05) is 13.0 Å². The number of nitrogens with one attached hydrogen (secondary N) is 1. The van der Waals surface area contributed by atoms with E-state index in [0.717, 1.165) is 0 Å².